The predicted molar refractivity (Wildman–Crippen MR) is 59.7 cm³/mol. The quantitative estimate of drug-likeness (QED) is 0.644. The molecule has 1 aromatic heterocycles. The Morgan fingerprint density at radius 1 is 1.50 bits per heavy atom. The Bertz CT molecular complexity index is 560. The SMILES string of the molecule is O=c1[nH]c(=O)n([C@H]2S[C@H](CO)[C@@H](O)[C@@H]2F)cc1F. The number of aliphatic hydroxyl groups excluding tert-OH is 2. The molecule has 0 unspecified atom stereocenters. The Morgan fingerprint density at radius 2 is 2.17 bits per heavy atom. The van der Waals surface area contributed by atoms with Crippen LogP contribution in [0.5, 0.6) is 0 Å². The lowest BCUT2D eigenvalue weighted by molar-refractivity contribution is 0.0629. The summed E-state index contributed by atoms with van der Waals surface area (Å²) in [7, 11) is 0. The van der Waals surface area contributed by atoms with Gasteiger partial charge in [0.25, 0.3) is 5.56 Å². The highest BCUT2D eigenvalue weighted by Gasteiger charge is 2.44. The predicted octanol–water partition coefficient (Wildman–Crippen LogP) is -1.02. The van der Waals surface area contributed by atoms with Crippen LogP contribution in [0.3, 0.4) is 0 Å². The fourth-order valence-electron chi connectivity index (χ4n) is 1.73. The van der Waals surface area contributed by atoms with E-state index in [1.54, 1.807) is 4.98 Å². The molecular formula is C9H10F2N2O4S. The van der Waals surface area contributed by atoms with Crippen LogP contribution in [0.25, 0.3) is 0 Å². The third kappa shape index (κ3) is 2.08. The summed E-state index contributed by atoms with van der Waals surface area (Å²) in [5.41, 5.74) is -2.15. The monoisotopic (exact) mass is 280 g/mol. The van der Waals surface area contributed by atoms with Gasteiger partial charge in [0.05, 0.1) is 18.1 Å². The van der Waals surface area contributed by atoms with Crippen LogP contribution in [0.4, 0.5) is 8.78 Å². The van der Waals surface area contributed by atoms with Gasteiger partial charge < -0.3 is 10.2 Å². The Hall–Kier alpha value is -1.19. The first-order valence-electron chi connectivity index (χ1n) is 5.05. The van der Waals surface area contributed by atoms with Gasteiger partial charge in [0.15, 0.2) is 6.17 Å². The zero-order valence-electron chi connectivity index (χ0n) is 8.92. The molecule has 0 radical (unpaired) electrons. The second-order valence-corrected chi connectivity index (χ2v) is 5.19. The third-order valence-corrected chi connectivity index (χ3v) is 4.22. The minimum atomic E-state index is -1.84. The van der Waals surface area contributed by atoms with E-state index in [1.807, 2.05) is 0 Å². The molecule has 0 amide bonds. The van der Waals surface area contributed by atoms with Crippen LogP contribution in [-0.2, 0) is 0 Å². The van der Waals surface area contributed by atoms with E-state index in [1.165, 1.54) is 0 Å². The molecule has 1 saturated heterocycles. The minimum Gasteiger partial charge on any atom is -0.395 e. The molecule has 0 aliphatic carbocycles. The van der Waals surface area contributed by atoms with Crippen LogP contribution in [-0.4, -0.2) is 43.9 Å². The van der Waals surface area contributed by atoms with Gasteiger partial charge in [-0.05, 0) is 0 Å². The largest absolute Gasteiger partial charge is 0.395 e. The summed E-state index contributed by atoms with van der Waals surface area (Å²) in [6.07, 6.45) is -2.69. The van der Waals surface area contributed by atoms with Crippen LogP contribution in [0.2, 0.25) is 0 Å². The van der Waals surface area contributed by atoms with E-state index >= 15 is 0 Å². The van der Waals surface area contributed by atoms with Crippen molar-refractivity contribution in [3.05, 3.63) is 32.9 Å². The normalized spacial score (nSPS) is 31.8. The smallest absolute Gasteiger partial charge is 0.329 e. The average molecular weight is 280 g/mol. The maximum Gasteiger partial charge on any atom is 0.329 e. The first kappa shape index (κ1) is 13.2. The number of H-pyrrole nitrogens is 1. The topological polar surface area (TPSA) is 95.3 Å². The van der Waals surface area contributed by atoms with Gasteiger partial charge in [0.2, 0.25) is 5.82 Å². The highest BCUT2D eigenvalue weighted by atomic mass is 32.2. The molecule has 1 aromatic rings. The molecule has 1 aliphatic heterocycles. The summed E-state index contributed by atoms with van der Waals surface area (Å²) in [6.45, 7) is -0.469. The van der Waals surface area contributed by atoms with Crippen LogP contribution >= 0.6 is 11.8 Å². The highest BCUT2D eigenvalue weighted by Crippen LogP contribution is 2.42. The molecule has 2 rings (SSSR count). The molecule has 0 bridgehead atoms. The lowest BCUT2D eigenvalue weighted by Gasteiger charge is -2.15. The molecule has 4 atom stereocenters. The molecule has 1 aliphatic rings. The van der Waals surface area contributed by atoms with Gasteiger partial charge in [-0.3, -0.25) is 14.3 Å². The maximum absolute atomic E-state index is 13.8. The van der Waals surface area contributed by atoms with Crippen molar-refractivity contribution >= 4 is 11.8 Å². The molecule has 2 heterocycles. The first-order valence-corrected chi connectivity index (χ1v) is 5.99. The average Bonchev–Trinajstić information content (AvgIpc) is 2.61. The van der Waals surface area contributed by atoms with E-state index in [-0.39, 0.29) is 0 Å². The summed E-state index contributed by atoms with van der Waals surface area (Å²) < 4.78 is 27.5. The second kappa shape index (κ2) is 4.82. The number of hydrogen-bond donors (Lipinski definition) is 3. The Morgan fingerprint density at radius 3 is 2.72 bits per heavy atom. The van der Waals surface area contributed by atoms with Crippen LogP contribution < -0.4 is 11.2 Å². The fraction of sp³-hybridized carbons (Fsp3) is 0.556. The van der Waals surface area contributed by atoms with Crippen molar-refractivity contribution in [2.75, 3.05) is 6.61 Å². The van der Waals surface area contributed by atoms with Gasteiger partial charge in [-0.25, -0.2) is 9.18 Å². The molecule has 0 aromatic carbocycles. The van der Waals surface area contributed by atoms with Gasteiger partial charge in [-0.2, -0.15) is 4.39 Å². The summed E-state index contributed by atoms with van der Waals surface area (Å²) in [6, 6.07) is 0. The lowest BCUT2D eigenvalue weighted by Crippen LogP contribution is -2.36. The number of aromatic nitrogens is 2. The van der Waals surface area contributed by atoms with Gasteiger partial charge >= 0.3 is 5.69 Å². The van der Waals surface area contributed by atoms with E-state index in [4.69, 9.17) is 5.11 Å². The van der Waals surface area contributed by atoms with Gasteiger partial charge in [0.1, 0.15) is 11.5 Å². The van der Waals surface area contributed by atoms with Gasteiger partial charge in [-0.1, -0.05) is 0 Å². The zero-order valence-corrected chi connectivity index (χ0v) is 9.73. The summed E-state index contributed by atoms with van der Waals surface area (Å²) in [5, 5.41) is 16.4. The fourth-order valence-corrected chi connectivity index (χ4v) is 3.08. The van der Waals surface area contributed by atoms with Gasteiger partial charge in [0, 0.05) is 0 Å². The lowest BCUT2D eigenvalue weighted by atomic mass is 10.1. The number of nitrogens with one attached hydrogen (secondary N) is 1. The van der Waals surface area contributed by atoms with Crippen molar-refractivity contribution in [2.45, 2.75) is 22.9 Å². The van der Waals surface area contributed by atoms with Crippen molar-refractivity contribution in [3.63, 3.8) is 0 Å². The number of halogens is 2. The molecule has 3 N–H and O–H groups in total. The molecule has 1 fully saturated rings. The van der Waals surface area contributed by atoms with E-state index in [9.17, 15) is 23.5 Å². The molecule has 0 saturated carbocycles. The number of aliphatic hydroxyl groups is 2. The molecule has 18 heavy (non-hydrogen) atoms. The number of nitrogens with zero attached hydrogens (tertiary/aromatic N) is 1. The van der Waals surface area contributed by atoms with Crippen molar-refractivity contribution in [1.29, 1.82) is 0 Å². The van der Waals surface area contributed by atoms with E-state index < -0.39 is 46.6 Å². The number of rotatable bonds is 2. The molecule has 6 nitrogen and oxygen atoms in total. The Labute approximate surface area is 103 Å². The van der Waals surface area contributed by atoms with Crippen molar-refractivity contribution in [3.8, 4) is 0 Å². The number of aromatic amines is 1. The van der Waals surface area contributed by atoms with Crippen LogP contribution in [0.15, 0.2) is 15.8 Å². The molecular weight excluding hydrogens is 270 g/mol. The molecule has 100 valence electrons. The highest BCUT2D eigenvalue weighted by molar-refractivity contribution is 8.00. The maximum atomic E-state index is 13.8. The third-order valence-electron chi connectivity index (χ3n) is 2.67. The Balaban J connectivity index is 2.42. The van der Waals surface area contributed by atoms with E-state index in [0.29, 0.717) is 10.8 Å². The van der Waals surface area contributed by atoms with Crippen molar-refractivity contribution < 1.29 is 19.0 Å². The van der Waals surface area contributed by atoms with Gasteiger partial charge in [-0.15, -0.1) is 11.8 Å². The molecule has 0 spiro atoms. The Kier molecular flexibility index (Phi) is 3.55. The van der Waals surface area contributed by atoms with Crippen molar-refractivity contribution in [1.82, 2.24) is 9.55 Å². The minimum absolute atomic E-state index is 0.469. The van der Waals surface area contributed by atoms with E-state index in [2.05, 4.69) is 0 Å². The summed E-state index contributed by atoms with van der Waals surface area (Å²) in [5.74, 6) is -1.22. The molecule has 9 heteroatoms. The summed E-state index contributed by atoms with van der Waals surface area (Å²) in [4.78, 5) is 24.0. The summed E-state index contributed by atoms with van der Waals surface area (Å²) >= 11 is 0.808. The second-order valence-electron chi connectivity index (χ2n) is 3.83. The standard InChI is InChI=1S/C9H10F2N2O4S/c10-3-1-13(9(17)12-7(3)16)8-5(11)6(15)4(2-14)18-8/h1,4-6,8,14-15H,2H2,(H,12,16,17)/t4-,5+,6-,8+/m1/s1. The zero-order chi connectivity index (χ0) is 13.4. The van der Waals surface area contributed by atoms with Crippen LogP contribution in [0, 0.1) is 5.82 Å². The first-order chi connectivity index (χ1) is 8.45. The number of thioether (sulfide) groups is 1. The number of hydrogen-bond acceptors (Lipinski definition) is 5. The number of alkyl halides is 1. The van der Waals surface area contributed by atoms with Crippen molar-refractivity contribution in [2.24, 2.45) is 0 Å². The van der Waals surface area contributed by atoms with E-state index in [0.717, 1.165) is 11.8 Å². The van der Waals surface area contributed by atoms with Crippen LogP contribution in [0.1, 0.15) is 5.37 Å².